The average Bonchev–Trinajstić information content (AvgIpc) is 3.00. The highest BCUT2D eigenvalue weighted by Gasteiger charge is 1.98. The van der Waals surface area contributed by atoms with E-state index in [1.165, 1.54) is 0 Å². The number of hydrogen-bond donors (Lipinski definition) is 0. The largest absolute Gasteiger partial charge is 0.379 e. The predicted octanol–water partition coefficient (Wildman–Crippen LogP) is 1.32. The maximum atomic E-state index is 5.48. The van der Waals surface area contributed by atoms with E-state index in [-0.39, 0.29) is 0 Å². The van der Waals surface area contributed by atoms with E-state index >= 15 is 0 Å². The number of aromatic nitrogens is 3. The lowest BCUT2D eigenvalue weighted by molar-refractivity contribution is -0.00269. The van der Waals surface area contributed by atoms with Crippen LogP contribution in [-0.4, -0.2) is 67.8 Å². The molecule has 0 aliphatic carbocycles. The molecular formula is C15H29N3O4. The van der Waals surface area contributed by atoms with Crippen LogP contribution in [-0.2, 0) is 31.9 Å². The van der Waals surface area contributed by atoms with Crippen molar-refractivity contribution in [3.63, 3.8) is 0 Å². The summed E-state index contributed by atoms with van der Waals surface area (Å²) in [4.78, 5) is 0. The van der Waals surface area contributed by atoms with Crippen LogP contribution < -0.4 is 0 Å². The third-order valence-corrected chi connectivity index (χ3v) is 2.88. The fourth-order valence-electron chi connectivity index (χ4n) is 1.67. The lowest BCUT2D eigenvalue weighted by atomic mass is 10.4. The number of ether oxygens (including phenoxy) is 4. The summed E-state index contributed by atoms with van der Waals surface area (Å²) in [5.74, 6) is 0. The van der Waals surface area contributed by atoms with Gasteiger partial charge in [0, 0.05) is 12.8 Å². The lowest BCUT2D eigenvalue weighted by Gasteiger charge is -2.07. The predicted molar refractivity (Wildman–Crippen MR) is 83.0 cm³/mol. The lowest BCUT2D eigenvalue weighted by Crippen LogP contribution is -2.13. The van der Waals surface area contributed by atoms with Gasteiger partial charge in [0.25, 0.3) is 0 Å². The van der Waals surface area contributed by atoms with Crippen LogP contribution >= 0.6 is 0 Å². The van der Waals surface area contributed by atoms with Gasteiger partial charge in [-0.25, -0.2) is 4.68 Å². The normalized spacial score (nSPS) is 11.2. The Labute approximate surface area is 132 Å². The van der Waals surface area contributed by atoms with Crippen molar-refractivity contribution in [1.82, 2.24) is 15.0 Å². The van der Waals surface area contributed by atoms with Crippen LogP contribution in [0.25, 0.3) is 0 Å². The first-order valence-electron chi connectivity index (χ1n) is 8.06. The molecule has 7 nitrogen and oxygen atoms in total. The monoisotopic (exact) mass is 315 g/mol. The van der Waals surface area contributed by atoms with Crippen LogP contribution in [0.3, 0.4) is 0 Å². The quantitative estimate of drug-likeness (QED) is 0.455. The number of aryl methyl sites for hydroxylation is 1. The Bertz CT molecular complexity index is 360. The summed E-state index contributed by atoms with van der Waals surface area (Å²) in [6.45, 7) is 9.88. The molecule has 22 heavy (non-hydrogen) atoms. The zero-order valence-electron chi connectivity index (χ0n) is 13.8. The van der Waals surface area contributed by atoms with Gasteiger partial charge >= 0.3 is 0 Å². The Kier molecular flexibility index (Phi) is 11.8. The van der Waals surface area contributed by atoms with Crippen molar-refractivity contribution in [3.05, 3.63) is 11.9 Å². The van der Waals surface area contributed by atoms with Gasteiger partial charge in [0.15, 0.2) is 0 Å². The topological polar surface area (TPSA) is 67.6 Å². The highest BCUT2D eigenvalue weighted by atomic mass is 16.6. The molecule has 0 atom stereocenters. The molecule has 7 heteroatoms. The van der Waals surface area contributed by atoms with Crippen LogP contribution in [0.2, 0.25) is 0 Å². The van der Waals surface area contributed by atoms with Crippen LogP contribution in [0.1, 0.15) is 26.0 Å². The molecule has 1 heterocycles. The van der Waals surface area contributed by atoms with Crippen molar-refractivity contribution in [2.75, 3.05) is 52.9 Å². The number of nitrogens with zero attached hydrogens (tertiary/aromatic N) is 3. The Morgan fingerprint density at radius 2 is 1.36 bits per heavy atom. The van der Waals surface area contributed by atoms with Crippen molar-refractivity contribution in [2.24, 2.45) is 0 Å². The van der Waals surface area contributed by atoms with E-state index in [9.17, 15) is 0 Å². The average molecular weight is 315 g/mol. The third-order valence-electron chi connectivity index (χ3n) is 2.88. The first kappa shape index (κ1) is 19.0. The smallest absolute Gasteiger partial charge is 0.0824 e. The molecule has 0 saturated heterocycles. The van der Waals surface area contributed by atoms with Crippen LogP contribution in [0.4, 0.5) is 0 Å². The second kappa shape index (κ2) is 13.6. The van der Waals surface area contributed by atoms with Gasteiger partial charge in [-0.3, -0.25) is 0 Å². The van der Waals surface area contributed by atoms with Crippen molar-refractivity contribution in [2.45, 2.75) is 33.2 Å². The molecule has 1 aromatic rings. The molecule has 0 fully saturated rings. The fraction of sp³-hybridized carbons (Fsp3) is 0.867. The first-order valence-corrected chi connectivity index (χ1v) is 8.06. The maximum Gasteiger partial charge on any atom is 0.0824 e. The van der Waals surface area contributed by atoms with E-state index in [4.69, 9.17) is 18.9 Å². The first-order chi connectivity index (χ1) is 10.9. The highest BCUT2D eigenvalue weighted by Crippen LogP contribution is 1.93. The molecule has 1 rings (SSSR count). The van der Waals surface area contributed by atoms with Gasteiger partial charge in [0.2, 0.25) is 0 Å². The summed E-state index contributed by atoms with van der Waals surface area (Å²) >= 11 is 0. The molecule has 0 bridgehead atoms. The van der Waals surface area contributed by atoms with Gasteiger partial charge in [-0.15, -0.1) is 5.10 Å². The fourth-order valence-corrected chi connectivity index (χ4v) is 1.67. The standard InChI is InChI=1S/C15H29N3O4/c1-3-6-19-8-10-21-12-13-22-11-9-20-7-5-18-14-15(4-2)16-17-18/h14H,3-13H2,1-2H3. The molecule has 0 saturated carbocycles. The number of hydrogen-bond acceptors (Lipinski definition) is 6. The van der Waals surface area contributed by atoms with Gasteiger partial charge in [0.1, 0.15) is 0 Å². The second-order valence-corrected chi connectivity index (χ2v) is 4.78. The van der Waals surface area contributed by atoms with E-state index in [1.807, 2.05) is 6.20 Å². The molecule has 1 aromatic heterocycles. The Hall–Kier alpha value is -1.02. The zero-order valence-corrected chi connectivity index (χ0v) is 13.8. The van der Waals surface area contributed by atoms with Gasteiger partial charge < -0.3 is 18.9 Å². The molecule has 0 amide bonds. The van der Waals surface area contributed by atoms with E-state index in [1.54, 1.807) is 4.68 Å². The Balaban J connectivity index is 1.78. The van der Waals surface area contributed by atoms with Gasteiger partial charge in [-0.05, 0) is 12.8 Å². The van der Waals surface area contributed by atoms with Crippen LogP contribution in [0, 0.1) is 0 Å². The molecule has 128 valence electrons. The SMILES string of the molecule is CCCOCCOCCOCCOCCn1cc(CC)nn1. The van der Waals surface area contributed by atoms with Crippen molar-refractivity contribution < 1.29 is 18.9 Å². The van der Waals surface area contributed by atoms with Crippen molar-refractivity contribution in [1.29, 1.82) is 0 Å². The van der Waals surface area contributed by atoms with Gasteiger partial charge in [-0.1, -0.05) is 19.1 Å². The second-order valence-electron chi connectivity index (χ2n) is 4.78. The molecule has 0 aliphatic heterocycles. The van der Waals surface area contributed by atoms with Gasteiger partial charge in [-0.2, -0.15) is 0 Å². The molecular weight excluding hydrogens is 286 g/mol. The third kappa shape index (κ3) is 9.83. The van der Waals surface area contributed by atoms with E-state index < -0.39 is 0 Å². The molecule has 0 N–H and O–H groups in total. The minimum absolute atomic E-state index is 0.577. The molecule has 0 unspecified atom stereocenters. The Morgan fingerprint density at radius 1 is 0.818 bits per heavy atom. The van der Waals surface area contributed by atoms with Crippen molar-refractivity contribution >= 4 is 0 Å². The summed E-state index contributed by atoms with van der Waals surface area (Å²) in [5, 5.41) is 8.03. The molecule has 0 spiro atoms. The molecule has 0 aliphatic rings. The summed E-state index contributed by atoms with van der Waals surface area (Å²) in [6, 6.07) is 0. The van der Waals surface area contributed by atoms with E-state index in [2.05, 4.69) is 24.2 Å². The maximum absolute atomic E-state index is 5.48. The summed E-state index contributed by atoms with van der Waals surface area (Å²) in [5.41, 5.74) is 1.00. The highest BCUT2D eigenvalue weighted by molar-refractivity contribution is 4.90. The van der Waals surface area contributed by atoms with E-state index in [0.29, 0.717) is 52.8 Å². The van der Waals surface area contributed by atoms with Gasteiger partial charge in [0.05, 0.1) is 58.5 Å². The summed E-state index contributed by atoms with van der Waals surface area (Å²) in [7, 11) is 0. The minimum atomic E-state index is 0.577. The van der Waals surface area contributed by atoms with Crippen LogP contribution in [0.15, 0.2) is 6.20 Å². The molecule has 0 aromatic carbocycles. The van der Waals surface area contributed by atoms with E-state index in [0.717, 1.165) is 25.1 Å². The van der Waals surface area contributed by atoms with Crippen LogP contribution in [0.5, 0.6) is 0 Å². The minimum Gasteiger partial charge on any atom is -0.379 e. The van der Waals surface area contributed by atoms with Crippen molar-refractivity contribution in [3.8, 4) is 0 Å². The summed E-state index contributed by atoms with van der Waals surface area (Å²) < 4.78 is 23.4. The molecule has 0 radical (unpaired) electrons. The Morgan fingerprint density at radius 3 is 1.86 bits per heavy atom. The zero-order chi connectivity index (χ0) is 15.9. The summed E-state index contributed by atoms with van der Waals surface area (Å²) in [6.07, 6.45) is 3.89. The number of rotatable bonds is 15.